The number of amides is 1. The Hall–Kier alpha value is -2.47. The number of thiazole rings is 1. The van der Waals surface area contributed by atoms with Crippen molar-refractivity contribution in [2.45, 2.75) is 19.4 Å². The molecule has 0 radical (unpaired) electrons. The molecule has 25 heavy (non-hydrogen) atoms. The molecule has 5 nitrogen and oxygen atoms in total. The van der Waals surface area contributed by atoms with E-state index in [1.807, 2.05) is 30.3 Å². The molecule has 128 valence electrons. The molecule has 0 spiro atoms. The number of fused-ring (bicyclic) bond motifs is 1. The van der Waals surface area contributed by atoms with Crippen LogP contribution in [-0.2, 0) is 11.3 Å². The van der Waals surface area contributed by atoms with E-state index in [1.165, 1.54) is 4.70 Å². The Morgan fingerprint density at radius 3 is 2.80 bits per heavy atom. The van der Waals surface area contributed by atoms with E-state index in [4.69, 9.17) is 4.98 Å². The van der Waals surface area contributed by atoms with Crippen molar-refractivity contribution in [2.24, 2.45) is 5.92 Å². The van der Waals surface area contributed by atoms with Gasteiger partial charge in [-0.2, -0.15) is 0 Å². The van der Waals surface area contributed by atoms with E-state index in [0.29, 0.717) is 6.54 Å². The van der Waals surface area contributed by atoms with Gasteiger partial charge in [0.25, 0.3) is 0 Å². The number of nitrogens with zero attached hydrogens (tertiary/aromatic N) is 3. The van der Waals surface area contributed by atoms with E-state index in [9.17, 15) is 4.79 Å². The molecule has 1 saturated heterocycles. The Balaban J connectivity index is 1.32. The first-order valence-electron chi connectivity index (χ1n) is 8.57. The number of piperidine rings is 1. The van der Waals surface area contributed by atoms with Gasteiger partial charge in [0.2, 0.25) is 5.91 Å². The quantitative estimate of drug-likeness (QED) is 0.783. The zero-order valence-electron chi connectivity index (χ0n) is 13.9. The highest BCUT2D eigenvalue weighted by Gasteiger charge is 2.26. The number of para-hydroxylation sites is 1. The number of carbonyl (C=O) groups is 1. The first-order valence-corrected chi connectivity index (χ1v) is 9.38. The van der Waals surface area contributed by atoms with Gasteiger partial charge in [-0.25, -0.2) is 4.98 Å². The summed E-state index contributed by atoms with van der Waals surface area (Å²) in [6, 6.07) is 12.1. The Labute approximate surface area is 150 Å². The third kappa shape index (κ3) is 3.64. The van der Waals surface area contributed by atoms with E-state index in [0.717, 1.165) is 42.1 Å². The lowest BCUT2D eigenvalue weighted by Gasteiger charge is -2.31. The van der Waals surface area contributed by atoms with Gasteiger partial charge in [0.1, 0.15) is 0 Å². The predicted molar refractivity (Wildman–Crippen MR) is 101 cm³/mol. The Bertz CT molecular complexity index is 823. The number of hydrogen-bond acceptors (Lipinski definition) is 5. The van der Waals surface area contributed by atoms with Crippen LogP contribution >= 0.6 is 11.3 Å². The van der Waals surface area contributed by atoms with Crippen LogP contribution in [0.1, 0.15) is 18.4 Å². The SMILES string of the molecule is O=C(NCc1cccnc1)C1CCN(c2nc3ccccc3s2)CC1. The molecule has 1 N–H and O–H groups in total. The molecule has 4 rings (SSSR count). The van der Waals surface area contributed by atoms with Crippen LogP contribution in [-0.4, -0.2) is 29.0 Å². The Kier molecular flexibility index (Phi) is 4.61. The first-order chi connectivity index (χ1) is 12.3. The van der Waals surface area contributed by atoms with Crippen molar-refractivity contribution in [1.82, 2.24) is 15.3 Å². The van der Waals surface area contributed by atoms with Crippen molar-refractivity contribution < 1.29 is 4.79 Å². The highest BCUT2D eigenvalue weighted by molar-refractivity contribution is 7.22. The van der Waals surface area contributed by atoms with Crippen molar-refractivity contribution in [3.05, 3.63) is 54.4 Å². The number of anilines is 1. The van der Waals surface area contributed by atoms with Gasteiger partial charge < -0.3 is 10.2 Å². The maximum Gasteiger partial charge on any atom is 0.223 e. The second-order valence-electron chi connectivity index (χ2n) is 6.30. The van der Waals surface area contributed by atoms with Crippen LogP contribution in [0.2, 0.25) is 0 Å². The third-order valence-electron chi connectivity index (χ3n) is 4.61. The van der Waals surface area contributed by atoms with E-state index in [2.05, 4.69) is 21.3 Å². The van der Waals surface area contributed by atoms with E-state index >= 15 is 0 Å². The molecule has 2 aromatic heterocycles. The highest BCUT2D eigenvalue weighted by atomic mass is 32.1. The summed E-state index contributed by atoms with van der Waals surface area (Å²) in [5.41, 5.74) is 2.08. The maximum absolute atomic E-state index is 12.4. The van der Waals surface area contributed by atoms with Gasteiger partial charge in [-0.05, 0) is 36.6 Å². The fourth-order valence-corrected chi connectivity index (χ4v) is 4.18. The van der Waals surface area contributed by atoms with Gasteiger partial charge in [-0.3, -0.25) is 9.78 Å². The van der Waals surface area contributed by atoms with Crippen LogP contribution in [0.4, 0.5) is 5.13 Å². The van der Waals surface area contributed by atoms with Gasteiger partial charge in [0.15, 0.2) is 5.13 Å². The van der Waals surface area contributed by atoms with Gasteiger partial charge in [-0.15, -0.1) is 0 Å². The lowest BCUT2D eigenvalue weighted by Crippen LogP contribution is -2.40. The van der Waals surface area contributed by atoms with Gasteiger partial charge in [0, 0.05) is 37.9 Å². The van der Waals surface area contributed by atoms with Crippen LogP contribution in [0.25, 0.3) is 10.2 Å². The zero-order valence-corrected chi connectivity index (χ0v) is 14.7. The lowest BCUT2D eigenvalue weighted by molar-refractivity contribution is -0.125. The topological polar surface area (TPSA) is 58.1 Å². The number of nitrogens with one attached hydrogen (secondary N) is 1. The molecular formula is C19H20N4OS. The minimum atomic E-state index is 0.0855. The molecule has 1 aliphatic rings. The van der Waals surface area contributed by atoms with E-state index in [-0.39, 0.29) is 11.8 Å². The number of carbonyl (C=O) groups excluding carboxylic acids is 1. The molecule has 1 aliphatic heterocycles. The number of aromatic nitrogens is 2. The van der Waals surface area contributed by atoms with Crippen LogP contribution in [0, 0.1) is 5.92 Å². The summed E-state index contributed by atoms with van der Waals surface area (Å²) in [6.07, 6.45) is 5.27. The number of pyridine rings is 1. The maximum atomic E-state index is 12.4. The fraction of sp³-hybridized carbons (Fsp3) is 0.316. The summed E-state index contributed by atoms with van der Waals surface area (Å²) in [5.74, 6) is 0.232. The van der Waals surface area contributed by atoms with Crippen molar-refractivity contribution in [3.63, 3.8) is 0 Å². The fourth-order valence-electron chi connectivity index (χ4n) is 3.16. The molecule has 0 atom stereocenters. The molecule has 3 aromatic rings. The summed E-state index contributed by atoms with van der Waals surface area (Å²) < 4.78 is 1.22. The largest absolute Gasteiger partial charge is 0.352 e. The summed E-state index contributed by atoms with van der Waals surface area (Å²) in [5, 5.41) is 4.10. The predicted octanol–water partition coefficient (Wildman–Crippen LogP) is 3.22. The average molecular weight is 352 g/mol. The van der Waals surface area contributed by atoms with E-state index in [1.54, 1.807) is 23.7 Å². The van der Waals surface area contributed by atoms with Crippen LogP contribution in [0.15, 0.2) is 48.8 Å². The molecule has 1 fully saturated rings. The molecule has 0 bridgehead atoms. The van der Waals surface area contributed by atoms with Crippen molar-refractivity contribution >= 4 is 32.6 Å². The number of hydrogen-bond donors (Lipinski definition) is 1. The second kappa shape index (κ2) is 7.19. The van der Waals surface area contributed by atoms with Crippen molar-refractivity contribution in [2.75, 3.05) is 18.0 Å². The summed E-state index contributed by atoms with van der Waals surface area (Å²) >= 11 is 1.73. The van der Waals surface area contributed by atoms with Crippen LogP contribution < -0.4 is 10.2 Å². The normalized spacial score (nSPS) is 15.4. The van der Waals surface area contributed by atoms with Crippen LogP contribution in [0.5, 0.6) is 0 Å². The summed E-state index contributed by atoms with van der Waals surface area (Å²) in [6.45, 7) is 2.31. The van der Waals surface area contributed by atoms with Crippen LogP contribution in [0.3, 0.4) is 0 Å². The minimum absolute atomic E-state index is 0.0855. The van der Waals surface area contributed by atoms with E-state index < -0.39 is 0 Å². The molecule has 0 unspecified atom stereocenters. The first kappa shape index (κ1) is 16.0. The van der Waals surface area contributed by atoms with Gasteiger partial charge in [0.05, 0.1) is 10.2 Å². The molecule has 0 aliphatic carbocycles. The molecule has 6 heteroatoms. The standard InChI is InChI=1S/C19H20N4OS/c24-18(21-13-14-4-3-9-20-12-14)15-7-10-23(11-8-15)19-22-16-5-1-2-6-17(16)25-19/h1-6,9,12,15H,7-8,10-11,13H2,(H,21,24). The second-order valence-corrected chi connectivity index (χ2v) is 7.31. The summed E-state index contributed by atoms with van der Waals surface area (Å²) in [7, 11) is 0. The zero-order chi connectivity index (χ0) is 17.1. The van der Waals surface area contributed by atoms with Crippen molar-refractivity contribution in [3.8, 4) is 0 Å². The van der Waals surface area contributed by atoms with Crippen molar-refractivity contribution in [1.29, 1.82) is 0 Å². The number of rotatable bonds is 4. The minimum Gasteiger partial charge on any atom is -0.352 e. The monoisotopic (exact) mass is 352 g/mol. The molecular weight excluding hydrogens is 332 g/mol. The Morgan fingerprint density at radius 2 is 2.04 bits per heavy atom. The summed E-state index contributed by atoms with van der Waals surface area (Å²) in [4.78, 5) is 23.5. The number of benzene rings is 1. The van der Waals surface area contributed by atoms with Gasteiger partial charge >= 0.3 is 0 Å². The lowest BCUT2D eigenvalue weighted by atomic mass is 9.96. The molecule has 1 aromatic carbocycles. The smallest absolute Gasteiger partial charge is 0.223 e. The highest BCUT2D eigenvalue weighted by Crippen LogP contribution is 2.31. The Morgan fingerprint density at radius 1 is 1.20 bits per heavy atom. The molecule has 3 heterocycles. The third-order valence-corrected chi connectivity index (χ3v) is 5.71. The van der Waals surface area contributed by atoms with Gasteiger partial charge in [-0.1, -0.05) is 29.5 Å². The molecule has 0 saturated carbocycles. The molecule has 1 amide bonds. The average Bonchev–Trinajstić information content (AvgIpc) is 3.11.